The van der Waals surface area contributed by atoms with E-state index < -0.39 is 0 Å². The van der Waals surface area contributed by atoms with Crippen molar-refractivity contribution in [1.29, 1.82) is 5.26 Å². The number of hydrogen-bond acceptors (Lipinski definition) is 4. The van der Waals surface area contributed by atoms with Crippen LogP contribution in [0.5, 0.6) is 0 Å². The molecular weight excluding hydrogens is 328 g/mol. The highest BCUT2D eigenvalue weighted by Crippen LogP contribution is 2.37. The molecule has 1 aliphatic heterocycles. The highest BCUT2D eigenvalue weighted by molar-refractivity contribution is 5.93. The maximum absolute atomic E-state index is 12.7. The van der Waals surface area contributed by atoms with Crippen LogP contribution in [0.15, 0.2) is 0 Å². The molecular formula is C20H30N4O2. The van der Waals surface area contributed by atoms with Gasteiger partial charge in [0.25, 0.3) is 0 Å². The quantitative estimate of drug-likeness (QED) is 0.898. The molecule has 2 atom stereocenters. The van der Waals surface area contributed by atoms with Crippen LogP contribution in [-0.4, -0.2) is 47.2 Å². The van der Waals surface area contributed by atoms with Crippen LogP contribution >= 0.6 is 0 Å². The van der Waals surface area contributed by atoms with E-state index in [1.165, 1.54) is 12.8 Å². The minimum Gasteiger partial charge on any atom is -0.373 e. The fourth-order valence-electron chi connectivity index (χ4n) is 4.49. The Morgan fingerprint density at radius 1 is 1.23 bits per heavy atom. The van der Waals surface area contributed by atoms with E-state index in [9.17, 15) is 10.1 Å². The molecule has 6 heteroatoms. The van der Waals surface area contributed by atoms with E-state index in [2.05, 4.69) is 27.8 Å². The van der Waals surface area contributed by atoms with Gasteiger partial charge in [-0.15, -0.1) is 0 Å². The number of hydrogen-bond donors (Lipinski definition) is 1. The number of rotatable bonds is 4. The average molecular weight is 358 g/mol. The molecule has 2 heterocycles. The largest absolute Gasteiger partial charge is 0.373 e. The molecule has 1 amide bonds. The summed E-state index contributed by atoms with van der Waals surface area (Å²) in [6.07, 6.45) is 4.91. The number of nitrogens with zero attached hydrogens (tertiary/aromatic N) is 3. The molecule has 26 heavy (non-hydrogen) atoms. The number of nitrogens with one attached hydrogen (secondary N) is 1. The smallest absolute Gasteiger partial charge is 0.239 e. The first kappa shape index (κ1) is 18.9. The molecule has 0 unspecified atom stereocenters. The summed E-state index contributed by atoms with van der Waals surface area (Å²) >= 11 is 0. The first-order valence-corrected chi connectivity index (χ1v) is 9.69. The van der Waals surface area contributed by atoms with Crippen molar-refractivity contribution in [3.05, 3.63) is 16.8 Å². The van der Waals surface area contributed by atoms with Gasteiger partial charge >= 0.3 is 0 Å². The zero-order valence-electron chi connectivity index (χ0n) is 16.3. The Kier molecular flexibility index (Phi) is 5.69. The number of amides is 1. The van der Waals surface area contributed by atoms with Crippen molar-refractivity contribution in [3.8, 4) is 6.07 Å². The van der Waals surface area contributed by atoms with Crippen LogP contribution in [0.4, 0.5) is 5.82 Å². The lowest BCUT2D eigenvalue weighted by Crippen LogP contribution is -2.48. The van der Waals surface area contributed by atoms with Gasteiger partial charge in [-0.25, -0.2) is 0 Å². The van der Waals surface area contributed by atoms with E-state index in [-0.39, 0.29) is 18.1 Å². The molecule has 2 aliphatic rings. The Morgan fingerprint density at radius 2 is 1.85 bits per heavy atom. The number of nitriles is 1. The summed E-state index contributed by atoms with van der Waals surface area (Å²) in [4.78, 5) is 14.9. The Bertz CT molecular complexity index is 702. The maximum Gasteiger partial charge on any atom is 0.239 e. The summed E-state index contributed by atoms with van der Waals surface area (Å²) in [6.45, 7) is 9.93. The van der Waals surface area contributed by atoms with E-state index in [0.29, 0.717) is 24.0 Å². The number of carbonyl (C=O) groups excluding carboxylic acids is 1. The molecule has 0 aromatic carbocycles. The van der Waals surface area contributed by atoms with Crippen molar-refractivity contribution in [3.63, 3.8) is 0 Å². The molecule has 1 aromatic rings. The normalized spacial score (nSPS) is 24.6. The van der Waals surface area contributed by atoms with Crippen molar-refractivity contribution < 1.29 is 9.53 Å². The lowest BCUT2D eigenvalue weighted by Gasteiger charge is -2.34. The highest BCUT2D eigenvalue weighted by atomic mass is 16.5. The number of carbonyl (C=O) groups is 1. The molecule has 0 bridgehead atoms. The van der Waals surface area contributed by atoms with Crippen molar-refractivity contribution in [2.75, 3.05) is 25.0 Å². The van der Waals surface area contributed by atoms with Crippen LogP contribution < -0.4 is 5.32 Å². The lowest BCUT2D eigenvalue weighted by atomic mass is 10.2. The fourth-order valence-corrected chi connectivity index (χ4v) is 4.49. The van der Waals surface area contributed by atoms with Gasteiger partial charge in [-0.05, 0) is 46.1 Å². The first-order chi connectivity index (χ1) is 12.4. The van der Waals surface area contributed by atoms with Crippen molar-refractivity contribution in [1.82, 2.24) is 9.47 Å². The van der Waals surface area contributed by atoms with E-state index in [4.69, 9.17) is 4.74 Å². The van der Waals surface area contributed by atoms with Gasteiger partial charge < -0.3 is 14.6 Å². The average Bonchev–Trinajstić information content (AvgIpc) is 3.14. The summed E-state index contributed by atoms with van der Waals surface area (Å²) in [7, 11) is 0. The third-order valence-corrected chi connectivity index (χ3v) is 5.68. The molecule has 1 saturated carbocycles. The molecule has 1 aliphatic carbocycles. The monoisotopic (exact) mass is 358 g/mol. The van der Waals surface area contributed by atoms with Crippen LogP contribution in [-0.2, 0) is 9.53 Å². The Labute approximate surface area is 156 Å². The topological polar surface area (TPSA) is 70.3 Å². The van der Waals surface area contributed by atoms with Crippen LogP contribution in [0.1, 0.15) is 62.4 Å². The van der Waals surface area contributed by atoms with E-state index in [1.54, 1.807) is 0 Å². The minimum atomic E-state index is -0.0560. The summed E-state index contributed by atoms with van der Waals surface area (Å²) in [6, 6.07) is 2.69. The number of ether oxygens (including phenoxy) is 1. The molecule has 3 rings (SSSR count). The maximum atomic E-state index is 12.7. The van der Waals surface area contributed by atoms with Crippen LogP contribution in [0.3, 0.4) is 0 Å². The molecule has 142 valence electrons. The Balaban J connectivity index is 1.79. The highest BCUT2D eigenvalue weighted by Gasteiger charge is 2.28. The molecule has 1 N–H and O–H groups in total. The standard InChI is InChI=1S/C20H30N4O2/c1-13-10-23(11-14(2)26-13)12-19(25)22-20-18(9-21)15(3)16(4)24(20)17-7-5-6-8-17/h13-14,17H,5-8,10-12H2,1-4H3,(H,22,25)/t13-,14+. The van der Waals surface area contributed by atoms with Crippen molar-refractivity contribution in [2.24, 2.45) is 0 Å². The van der Waals surface area contributed by atoms with Gasteiger partial charge in [-0.2, -0.15) is 5.26 Å². The van der Waals surface area contributed by atoms with E-state index in [0.717, 1.165) is 37.2 Å². The van der Waals surface area contributed by atoms with Gasteiger partial charge in [0.1, 0.15) is 11.9 Å². The zero-order valence-corrected chi connectivity index (χ0v) is 16.3. The molecule has 1 saturated heterocycles. The van der Waals surface area contributed by atoms with Crippen molar-refractivity contribution in [2.45, 2.75) is 71.6 Å². The minimum absolute atomic E-state index is 0.0560. The summed E-state index contributed by atoms with van der Waals surface area (Å²) < 4.78 is 7.94. The van der Waals surface area contributed by atoms with Gasteiger partial charge in [0.2, 0.25) is 5.91 Å². The molecule has 0 spiro atoms. The number of aromatic nitrogens is 1. The van der Waals surface area contributed by atoms with E-state index >= 15 is 0 Å². The second-order valence-electron chi connectivity index (χ2n) is 7.85. The number of anilines is 1. The predicted molar refractivity (Wildman–Crippen MR) is 101 cm³/mol. The first-order valence-electron chi connectivity index (χ1n) is 9.69. The molecule has 0 radical (unpaired) electrons. The summed E-state index contributed by atoms with van der Waals surface area (Å²) in [5.74, 6) is 0.633. The van der Waals surface area contributed by atoms with E-state index in [1.807, 2.05) is 20.8 Å². The van der Waals surface area contributed by atoms with Gasteiger partial charge in [0, 0.05) is 24.8 Å². The van der Waals surface area contributed by atoms with Gasteiger partial charge in [0.15, 0.2) is 0 Å². The molecule has 6 nitrogen and oxygen atoms in total. The number of morpholine rings is 1. The summed E-state index contributed by atoms with van der Waals surface area (Å²) in [5.41, 5.74) is 2.67. The molecule has 2 fully saturated rings. The predicted octanol–water partition coefficient (Wildman–Crippen LogP) is 3.14. The molecule has 1 aromatic heterocycles. The fraction of sp³-hybridized carbons (Fsp3) is 0.700. The Morgan fingerprint density at radius 3 is 2.42 bits per heavy atom. The second kappa shape index (κ2) is 7.81. The van der Waals surface area contributed by atoms with Gasteiger partial charge in [-0.1, -0.05) is 12.8 Å². The third-order valence-electron chi connectivity index (χ3n) is 5.68. The van der Waals surface area contributed by atoms with Gasteiger partial charge in [0.05, 0.1) is 24.3 Å². The van der Waals surface area contributed by atoms with Crippen LogP contribution in [0.2, 0.25) is 0 Å². The second-order valence-corrected chi connectivity index (χ2v) is 7.85. The lowest BCUT2D eigenvalue weighted by molar-refractivity contribution is -0.121. The third kappa shape index (κ3) is 3.79. The zero-order chi connectivity index (χ0) is 18.8. The summed E-state index contributed by atoms with van der Waals surface area (Å²) in [5, 5.41) is 12.7. The van der Waals surface area contributed by atoms with Crippen LogP contribution in [0.25, 0.3) is 0 Å². The van der Waals surface area contributed by atoms with Gasteiger partial charge in [-0.3, -0.25) is 9.69 Å². The van der Waals surface area contributed by atoms with Crippen LogP contribution in [0, 0.1) is 25.2 Å². The van der Waals surface area contributed by atoms with Crippen molar-refractivity contribution >= 4 is 11.7 Å². The Hall–Kier alpha value is -1.84. The SMILES string of the molecule is Cc1c(C#N)c(NC(=O)CN2C[C@@H](C)O[C@@H](C)C2)n(C2CCCC2)c1C.